The van der Waals surface area contributed by atoms with Gasteiger partial charge in [-0.05, 0) is 82.2 Å². The number of allylic oxidation sites excluding steroid dienone is 1. The lowest BCUT2D eigenvalue weighted by molar-refractivity contribution is -0.139. The van der Waals surface area contributed by atoms with Gasteiger partial charge in [0.1, 0.15) is 5.75 Å². The Morgan fingerprint density at radius 2 is 1.80 bits per heavy atom. The van der Waals surface area contributed by atoms with Crippen LogP contribution in [-0.2, 0) is 9.53 Å². The van der Waals surface area contributed by atoms with E-state index in [0.717, 1.165) is 28.2 Å². The maximum Gasteiger partial charge on any atom is 0.338 e. The quantitative estimate of drug-likeness (QED) is 0.282. The van der Waals surface area contributed by atoms with Gasteiger partial charge in [0, 0.05) is 11.4 Å². The van der Waals surface area contributed by atoms with Crippen LogP contribution in [0.1, 0.15) is 49.3 Å². The van der Waals surface area contributed by atoms with E-state index >= 15 is 0 Å². The van der Waals surface area contributed by atoms with Crippen LogP contribution in [0.3, 0.4) is 0 Å². The van der Waals surface area contributed by atoms with Gasteiger partial charge < -0.3 is 14.0 Å². The van der Waals surface area contributed by atoms with E-state index in [0.29, 0.717) is 38.0 Å². The van der Waals surface area contributed by atoms with Crippen LogP contribution in [0, 0.1) is 13.8 Å². The van der Waals surface area contributed by atoms with Crippen molar-refractivity contribution in [1.82, 2.24) is 9.13 Å². The van der Waals surface area contributed by atoms with Crippen molar-refractivity contribution in [3.05, 3.63) is 113 Å². The number of rotatable bonds is 7. The zero-order chi connectivity index (χ0) is 28.6. The first kappa shape index (κ1) is 27.7. The molecule has 2 aromatic heterocycles. The number of halogens is 1. The van der Waals surface area contributed by atoms with E-state index in [9.17, 15) is 9.59 Å². The monoisotopic (exact) mass is 575 g/mol. The molecule has 206 valence electrons. The van der Waals surface area contributed by atoms with Gasteiger partial charge >= 0.3 is 5.97 Å². The highest BCUT2D eigenvalue weighted by Crippen LogP contribution is 2.32. The normalized spacial score (nSPS) is 15.2. The number of aromatic nitrogens is 2. The molecule has 7 nitrogen and oxygen atoms in total. The predicted octanol–water partition coefficient (Wildman–Crippen LogP) is 5.26. The molecule has 4 aromatic rings. The smallest absolute Gasteiger partial charge is 0.338 e. The molecule has 0 saturated heterocycles. The molecule has 0 radical (unpaired) electrons. The van der Waals surface area contributed by atoms with Gasteiger partial charge in [0.25, 0.3) is 5.56 Å². The summed E-state index contributed by atoms with van der Waals surface area (Å²) >= 11 is 7.80. The molecule has 0 aliphatic carbocycles. The van der Waals surface area contributed by atoms with Gasteiger partial charge in [-0.25, -0.2) is 9.79 Å². The highest BCUT2D eigenvalue weighted by atomic mass is 35.5. The van der Waals surface area contributed by atoms with Gasteiger partial charge in [-0.2, -0.15) is 0 Å². The van der Waals surface area contributed by atoms with E-state index in [-0.39, 0.29) is 12.2 Å². The topological polar surface area (TPSA) is 74.8 Å². The molecule has 0 unspecified atom stereocenters. The van der Waals surface area contributed by atoms with Crippen molar-refractivity contribution < 1.29 is 14.3 Å². The van der Waals surface area contributed by atoms with Crippen LogP contribution in [0.2, 0.25) is 5.02 Å². The van der Waals surface area contributed by atoms with Crippen molar-refractivity contribution in [3.8, 4) is 11.4 Å². The van der Waals surface area contributed by atoms with Crippen molar-refractivity contribution in [2.45, 2.75) is 40.7 Å². The Bertz CT molecular complexity index is 1810. The number of carbonyl (C=O) groups excluding carboxylic acids is 1. The molecule has 2 aromatic carbocycles. The lowest BCUT2D eigenvalue weighted by Crippen LogP contribution is -2.39. The molecule has 0 spiro atoms. The van der Waals surface area contributed by atoms with Crippen LogP contribution in [0.4, 0.5) is 0 Å². The Morgan fingerprint density at radius 3 is 2.48 bits per heavy atom. The molecular formula is C31H30ClN3O4S. The van der Waals surface area contributed by atoms with Crippen molar-refractivity contribution in [1.29, 1.82) is 0 Å². The zero-order valence-electron chi connectivity index (χ0n) is 23.0. The zero-order valence-corrected chi connectivity index (χ0v) is 24.6. The Morgan fingerprint density at radius 1 is 1.07 bits per heavy atom. The number of carbonyl (C=O) groups is 1. The Balaban J connectivity index is 1.68. The highest BCUT2D eigenvalue weighted by Gasteiger charge is 2.33. The van der Waals surface area contributed by atoms with E-state index in [1.807, 2.05) is 81.4 Å². The third kappa shape index (κ3) is 4.93. The number of fused-ring (bicyclic) bond motifs is 1. The van der Waals surface area contributed by atoms with Gasteiger partial charge in [-0.3, -0.25) is 9.36 Å². The standard InChI is InChI=1S/C31H30ClN3O4S/c1-6-38-23-14-12-21(13-15-23)28-27(30(37)39-7-2)19(4)33-31-35(28)29(36)26(40-31)17-22-16-18(3)34(20(22)5)25-11-9-8-10-24(25)32/h8-17,28H,6-7H2,1-5H3/b26-17-/t28-/m0/s1. The maximum absolute atomic E-state index is 14.0. The van der Waals surface area contributed by atoms with E-state index in [1.165, 1.54) is 11.3 Å². The van der Waals surface area contributed by atoms with Crippen LogP contribution >= 0.6 is 22.9 Å². The van der Waals surface area contributed by atoms with Crippen LogP contribution in [0.5, 0.6) is 5.75 Å². The van der Waals surface area contributed by atoms with E-state index in [4.69, 9.17) is 21.1 Å². The van der Waals surface area contributed by atoms with Crippen LogP contribution in [0.25, 0.3) is 11.8 Å². The second-order valence-corrected chi connectivity index (χ2v) is 10.8. The lowest BCUT2D eigenvalue weighted by Gasteiger charge is -2.24. The summed E-state index contributed by atoms with van der Waals surface area (Å²) in [7, 11) is 0. The number of para-hydroxylation sites is 1. The molecule has 1 aliphatic heterocycles. The average Bonchev–Trinajstić information content (AvgIpc) is 3.38. The van der Waals surface area contributed by atoms with Crippen LogP contribution < -0.4 is 19.6 Å². The number of aryl methyl sites for hydroxylation is 1. The summed E-state index contributed by atoms with van der Waals surface area (Å²) in [6.07, 6.45) is 1.89. The maximum atomic E-state index is 14.0. The molecule has 0 fully saturated rings. The molecule has 0 bridgehead atoms. The fourth-order valence-electron chi connectivity index (χ4n) is 5.10. The summed E-state index contributed by atoms with van der Waals surface area (Å²) in [5.41, 5.74) is 5.17. The van der Waals surface area contributed by atoms with Crippen molar-refractivity contribution in [2.24, 2.45) is 4.99 Å². The molecule has 3 heterocycles. The van der Waals surface area contributed by atoms with E-state index < -0.39 is 12.0 Å². The Hall–Kier alpha value is -3.88. The average molecular weight is 576 g/mol. The number of ether oxygens (including phenoxy) is 2. The minimum absolute atomic E-state index is 0.219. The summed E-state index contributed by atoms with van der Waals surface area (Å²) in [6.45, 7) is 10.2. The summed E-state index contributed by atoms with van der Waals surface area (Å²) < 4.78 is 15.2. The molecule has 0 amide bonds. The molecule has 40 heavy (non-hydrogen) atoms. The number of hydrogen-bond acceptors (Lipinski definition) is 6. The first-order chi connectivity index (χ1) is 19.2. The number of hydrogen-bond donors (Lipinski definition) is 0. The van der Waals surface area contributed by atoms with Crippen molar-refractivity contribution in [3.63, 3.8) is 0 Å². The molecule has 0 N–H and O–H groups in total. The summed E-state index contributed by atoms with van der Waals surface area (Å²) in [6, 6.07) is 16.5. The predicted molar refractivity (Wildman–Crippen MR) is 158 cm³/mol. The second-order valence-electron chi connectivity index (χ2n) is 9.42. The fourth-order valence-corrected chi connectivity index (χ4v) is 6.36. The fraction of sp³-hybridized carbons (Fsp3) is 0.258. The van der Waals surface area contributed by atoms with Crippen LogP contribution in [-0.4, -0.2) is 28.3 Å². The molecular weight excluding hydrogens is 546 g/mol. The Kier molecular flexibility index (Phi) is 7.83. The minimum atomic E-state index is -0.677. The van der Waals surface area contributed by atoms with E-state index in [1.54, 1.807) is 18.4 Å². The SMILES string of the molecule is CCOC(=O)C1=C(C)N=c2s/c(=C\c3cc(C)n(-c4ccccc4Cl)c3C)c(=O)n2[C@H]1c1ccc(OCC)cc1. The third-order valence-electron chi connectivity index (χ3n) is 6.87. The second kappa shape index (κ2) is 11.3. The number of benzene rings is 2. The molecule has 5 rings (SSSR count). The van der Waals surface area contributed by atoms with Gasteiger partial charge in [-0.15, -0.1) is 0 Å². The van der Waals surface area contributed by atoms with E-state index in [2.05, 4.69) is 9.56 Å². The highest BCUT2D eigenvalue weighted by molar-refractivity contribution is 7.07. The first-order valence-electron chi connectivity index (χ1n) is 13.1. The molecule has 0 saturated carbocycles. The number of nitrogens with zero attached hydrogens (tertiary/aromatic N) is 3. The largest absolute Gasteiger partial charge is 0.494 e. The lowest BCUT2D eigenvalue weighted by atomic mass is 9.96. The number of esters is 1. The van der Waals surface area contributed by atoms with Gasteiger partial charge in [0.2, 0.25) is 0 Å². The van der Waals surface area contributed by atoms with Gasteiger partial charge in [-0.1, -0.05) is 47.2 Å². The first-order valence-corrected chi connectivity index (χ1v) is 14.3. The van der Waals surface area contributed by atoms with Crippen molar-refractivity contribution in [2.75, 3.05) is 13.2 Å². The van der Waals surface area contributed by atoms with Gasteiger partial charge in [0.05, 0.1) is 45.8 Å². The Labute approximate surface area is 241 Å². The van der Waals surface area contributed by atoms with Gasteiger partial charge in [0.15, 0.2) is 4.80 Å². The van der Waals surface area contributed by atoms with Crippen molar-refractivity contribution >= 4 is 35.0 Å². The molecule has 1 atom stereocenters. The summed E-state index contributed by atoms with van der Waals surface area (Å²) in [5.74, 6) is 0.228. The van der Waals surface area contributed by atoms with Crippen LogP contribution in [0.15, 0.2) is 75.7 Å². The summed E-state index contributed by atoms with van der Waals surface area (Å²) in [4.78, 5) is 32.3. The third-order valence-corrected chi connectivity index (χ3v) is 8.18. The molecule has 9 heteroatoms. The number of thiazole rings is 1. The summed E-state index contributed by atoms with van der Waals surface area (Å²) in [5, 5.41) is 0.646. The minimum Gasteiger partial charge on any atom is -0.494 e. The molecule has 1 aliphatic rings.